The first-order chi connectivity index (χ1) is 18.7. The van der Waals surface area contributed by atoms with Gasteiger partial charge in [-0.05, 0) is 39.3 Å². The van der Waals surface area contributed by atoms with E-state index in [-0.39, 0.29) is 31.7 Å². The Morgan fingerprint density at radius 2 is 2.00 bits per heavy atom. The van der Waals surface area contributed by atoms with E-state index in [4.69, 9.17) is 29.0 Å². The Hall–Kier alpha value is -3.13. The van der Waals surface area contributed by atoms with Crippen LogP contribution in [-0.4, -0.2) is 74.8 Å². The molecule has 39 heavy (non-hydrogen) atoms. The molecule has 0 spiro atoms. The highest BCUT2D eigenvalue weighted by Crippen LogP contribution is 2.45. The van der Waals surface area contributed by atoms with Gasteiger partial charge in [0.25, 0.3) is 0 Å². The van der Waals surface area contributed by atoms with Crippen LogP contribution in [0.15, 0.2) is 43.0 Å². The summed E-state index contributed by atoms with van der Waals surface area (Å²) in [6.45, 7) is 5.11. The van der Waals surface area contributed by atoms with Crippen LogP contribution in [0.1, 0.15) is 33.4 Å². The largest absolute Gasteiger partial charge is 0.462 e. The lowest BCUT2D eigenvalue weighted by atomic mass is 10.2. The molecule has 0 saturated carbocycles. The van der Waals surface area contributed by atoms with E-state index in [1.807, 2.05) is 0 Å². The molecule has 2 aromatic heterocycles. The number of aliphatic hydroxyl groups is 1. The van der Waals surface area contributed by atoms with Crippen LogP contribution in [0.3, 0.4) is 0 Å². The van der Waals surface area contributed by atoms with Crippen molar-refractivity contribution in [1.82, 2.24) is 24.6 Å². The number of aromatic nitrogens is 4. The van der Waals surface area contributed by atoms with Gasteiger partial charge in [-0.15, -0.1) is 0 Å². The summed E-state index contributed by atoms with van der Waals surface area (Å²) in [6.07, 6.45) is 0.475. The van der Waals surface area contributed by atoms with Crippen molar-refractivity contribution in [2.45, 2.75) is 57.8 Å². The van der Waals surface area contributed by atoms with Crippen LogP contribution in [0.2, 0.25) is 0 Å². The summed E-state index contributed by atoms with van der Waals surface area (Å²) in [6, 6.07) is 7.52. The van der Waals surface area contributed by atoms with Crippen LogP contribution < -0.4 is 15.3 Å². The lowest BCUT2D eigenvalue weighted by Gasteiger charge is -2.24. The average Bonchev–Trinajstić information content (AvgIpc) is 3.48. The van der Waals surface area contributed by atoms with Gasteiger partial charge in [0.1, 0.15) is 35.8 Å². The molecular weight excluding hydrogens is 531 g/mol. The van der Waals surface area contributed by atoms with E-state index in [2.05, 4.69) is 20.0 Å². The number of nitrogen functional groups attached to an aromatic ring is 1. The number of para-hydroxylation sites is 1. The van der Waals surface area contributed by atoms with Crippen LogP contribution in [-0.2, 0) is 28.1 Å². The fraction of sp³-hybridized carbons (Fsp3) is 0.500. The number of hydrogen-bond acceptors (Lipinski definition) is 12. The van der Waals surface area contributed by atoms with Crippen molar-refractivity contribution in [2.75, 3.05) is 25.6 Å². The van der Waals surface area contributed by atoms with Crippen molar-refractivity contribution < 1.29 is 37.7 Å². The lowest BCUT2D eigenvalue weighted by Crippen LogP contribution is -2.36. The van der Waals surface area contributed by atoms with Crippen molar-refractivity contribution in [3.05, 3.63) is 43.0 Å². The van der Waals surface area contributed by atoms with Crippen molar-refractivity contribution in [1.29, 1.82) is 0 Å². The third-order valence-electron chi connectivity index (χ3n) is 5.65. The topological polar surface area (TPSA) is 182 Å². The molecule has 1 aliphatic rings. The van der Waals surface area contributed by atoms with E-state index < -0.39 is 38.2 Å². The van der Waals surface area contributed by atoms with Gasteiger partial charge in [-0.3, -0.25) is 13.9 Å². The number of hydrogen-bond donors (Lipinski definition) is 3. The Morgan fingerprint density at radius 1 is 1.23 bits per heavy atom. The van der Waals surface area contributed by atoms with Gasteiger partial charge in [-0.2, -0.15) is 5.09 Å². The summed E-state index contributed by atoms with van der Waals surface area (Å²) < 4.78 is 43.2. The average molecular weight is 565 g/mol. The number of nitrogens with two attached hydrogens (primary N) is 1. The summed E-state index contributed by atoms with van der Waals surface area (Å²) in [5, 5.41) is 13.1. The molecule has 4 rings (SSSR count). The van der Waals surface area contributed by atoms with Crippen LogP contribution in [0.4, 0.5) is 5.82 Å². The molecule has 15 heteroatoms. The number of nitrogens with one attached hydrogen (secondary N) is 1. The monoisotopic (exact) mass is 564 g/mol. The Morgan fingerprint density at radius 3 is 2.74 bits per heavy atom. The number of nitrogens with zero attached hydrogens (tertiary/aromatic N) is 4. The van der Waals surface area contributed by atoms with E-state index in [9.17, 15) is 14.5 Å². The van der Waals surface area contributed by atoms with Crippen molar-refractivity contribution >= 4 is 30.7 Å². The molecule has 1 aliphatic heterocycles. The molecule has 1 aromatic carbocycles. The van der Waals surface area contributed by atoms with Crippen LogP contribution in [0, 0.1) is 0 Å². The Kier molecular flexibility index (Phi) is 9.49. The molecule has 14 nitrogen and oxygen atoms in total. The van der Waals surface area contributed by atoms with E-state index >= 15 is 0 Å². The maximum atomic E-state index is 13.5. The van der Waals surface area contributed by atoms with Gasteiger partial charge in [0, 0.05) is 6.61 Å². The zero-order chi connectivity index (χ0) is 28.0. The number of benzene rings is 1. The number of imidazole rings is 1. The molecule has 1 saturated heterocycles. The van der Waals surface area contributed by atoms with E-state index in [1.54, 1.807) is 48.7 Å². The molecule has 3 aromatic rings. The molecular formula is C24H33N6O8P. The summed E-state index contributed by atoms with van der Waals surface area (Å²) >= 11 is 0. The first kappa shape index (κ1) is 28.9. The van der Waals surface area contributed by atoms with Gasteiger partial charge in [-0.1, -0.05) is 18.2 Å². The highest BCUT2D eigenvalue weighted by Gasteiger charge is 2.39. The Labute approximate surface area is 225 Å². The molecule has 2 unspecified atom stereocenters. The molecule has 0 amide bonds. The second-order valence-corrected chi connectivity index (χ2v) is 10.8. The highest BCUT2D eigenvalue weighted by molar-refractivity contribution is 7.52. The maximum Gasteiger partial charge on any atom is 0.459 e. The number of rotatable bonds is 13. The molecule has 0 radical (unpaired) electrons. The second kappa shape index (κ2) is 12.8. The minimum atomic E-state index is -3.97. The van der Waals surface area contributed by atoms with Gasteiger partial charge in [0.05, 0.1) is 25.6 Å². The van der Waals surface area contributed by atoms with Crippen LogP contribution in [0.25, 0.3) is 11.2 Å². The smallest absolute Gasteiger partial charge is 0.459 e. The summed E-state index contributed by atoms with van der Waals surface area (Å²) in [5.74, 6) is -0.0521. The Balaban J connectivity index is 1.35. The molecule has 0 aliphatic carbocycles. The first-order valence-corrected chi connectivity index (χ1v) is 14.0. The standard InChI is InChI=1S/C24H33N6O8P/c1-15(2)37-24(32)16(3)29-39(33,38-17-8-5-4-6-9-17)36-11-7-10-34-20-18(31)12-35-23(20)30-14-28-19-21(25)26-13-27-22(19)30/h4-6,8-9,13-16,18,20,23,31H,7,10-12H2,1-3H3,(H,29,33)(H2,25,26,27)/t16-,18+,20+,23?,39?/m0/s1. The van der Waals surface area contributed by atoms with Gasteiger partial charge < -0.3 is 29.6 Å². The minimum Gasteiger partial charge on any atom is -0.462 e. The molecule has 4 N–H and O–H groups in total. The SMILES string of the molecule is CC(C)OC(=O)[C@H](C)NP(=O)(OCCCO[C@H]1C(n2cnc3c(N)ncnc32)OC[C@H]1O)Oc1ccccc1. The third kappa shape index (κ3) is 7.29. The van der Waals surface area contributed by atoms with E-state index in [0.29, 0.717) is 23.3 Å². The molecule has 0 bridgehead atoms. The predicted molar refractivity (Wildman–Crippen MR) is 140 cm³/mol. The number of esters is 1. The van der Waals surface area contributed by atoms with Crippen LogP contribution >= 0.6 is 7.75 Å². The van der Waals surface area contributed by atoms with Crippen molar-refractivity contribution in [3.63, 3.8) is 0 Å². The number of carbonyl (C=O) groups is 1. The normalized spacial score (nSPS) is 21.6. The number of anilines is 1. The summed E-state index contributed by atoms with van der Waals surface area (Å²) in [4.78, 5) is 24.7. The molecule has 3 heterocycles. The first-order valence-electron chi connectivity index (χ1n) is 12.5. The predicted octanol–water partition coefficient (Wildman–Crippen LogP) is 2.21. The van der Waals surface area contributed by atoms with Gasteiger partial charge in [0.2, 0.25) is 0 Å². The maximum absolute atomic E-state index is 13.5. The molecule has 1 fully saturated rings. The number of fused-ring (bicyclic) bond motifs is 1. The van der Waals surface area contributed by atoms with Crippen LogP contribution in [0.5, 0.6) is 5.75 Å². The highest BCUT2D eigenvalue weighted by atomic mass is 31.2. The van der Waals surface area contributed by atoms with E-state index in [0.717, 1.165) is 0 Å². The van der Waals surface area contributed by atoms with Crippen molar-refractivity contribution in [3.8, 4) is 5.75 Å². The molecule has 5 atom stereocenters. The lowest BCUT2D eigenvalue weighted by molar-refractivity contribution is -0.149. The minimum absolute atomic E-state index is 0.0326. The third-order valence-corrected chi connectivity index (χ3v) is 7.32. The van der Waals surface area contributed by atoms with Gasteiger partial charge in [-0.25, -0.2) is 19.5 Å². The second-order valence-electron chi connectivity index (χ2n) is 9.13. The number of aliphatic hydroxyl groups excluding tert-OH is 1. The van der Waals surface area contributed by atoms with Gasteiger partial charge >= 0.3 is 13.7 Å². The van der Waals surface area contributed by atoms with E-state index in [1.165, 1.54) is 19.6 Å². The fourth-order valence-electron chi connectivity index (χ4n) is 3.86. The van der Waals surface area contributed by atoms with Gasteiger partial charge in [0.15, 0.2) is 17.7 Å². The summed E-state index contributed by atoms with van der Waals surface area (Å²) in [7, 11) is -3.97. The molecule has 212 valence electrons. The fourth-order valence-corrected chi connectivity index (χ4v) is 5.39. The Bertz CT molecular complexity index is 1290. The number of carbonyl (C=O) groups excluding carboxylic acids is 1. The zero-order valence-electron chi connectivity index (χ0n) is 21.9. The summed E-state index contributed by atoms with van der Waals surface area (Å²) in [5.41, 5.74) is 6.74. The zero-order valence-corrected chi connectivity index (χ0v) is 22.8. The quantitative estimate of drug-likeness (QED) is 0.156. The van der Waals surface area contributed by atoms with Crippen molar-refractivity contribution in [2.24, 2.45) is 0 Å². The number of ether oxygens (including phenoxy) is 3.